The summed E-state index contributed by atoms with van der Waals surface area (Å²) >= 11 is 0. The fourth-order valence-corrected chi connectivity index (χ4v) is 3.71. The van der Waals surface area contributed by atoms with Crippen LogP contribution in [0.15, 0.2) is 24.3 Å². The van der Waals surface area contributed by atoms with E-state index in [0.29, 0.717) is 38.8 Å². The number of ether oxygens (including phenoxy) is 1. The fraction of sp³-hybridized carbons (Fsp3) is 0.571. The van der Waals surface area contributed by atoms with Crippen LogP contribution in [-0.4, -0.2) is 46.6 Å². The first kappa shape index (κ1) is 20.3. The summed E-state index contributed by atoms with van der Waals surface area (Å²) in [5, 5.41) is 13.4. The molecule has 3 amide bonds. The summed E-state index contributed by atoms with van der Waals surface area (Å²) in [4.78, 5) is 37.1. The zero-order chi connectivity index (χ0) is 20.5. The normalized spacial score (nSPS) is 22.6. The van der Waals surface area contributed by atoms with Crippen LogP contribution in [-0.2, 0) is 19.9 Å². The van der Waals surface area contributed by atoms with Crippen molar-refractivity contribution in [3.8, 4) is 0 Å². The van der Waals surface area contributed by atoms with Crippen LogP contribution >= 0.6 is 0 Å². The number of carbonyl (C=O) groups excluding carboxylic acids is 3. The maximum atomic E-state index is 12.2. The van der Waals surface area contributed by atoms with Gasteiger partial charge < -0.3 is 14.7 Å². The number of nitrogens with one attached hydrogen (secondary N) is 1. The van der Waals surface area contributed by atoms with Crippen LogP contribution in [0.2, 0.25) is 0 Å². The minimum Gasteiger partial charge on any atom is -0.444 e. The maximum absolute atomic E-state index is 12.2. The number of hydrogen-bond donors (Lipinski definition) is 2. The Labute approximate surface area is 165 Å². The lowest BCUT2D eigenvalue weighted by atomic mass is 9.82. The largest absolute Gasteiger partial charge is 0.444 e. The number of likely N-dealkylation sites (tertiary alicyclic amines) is 1. The minimum absolute atomic E-state index is 0.232. The third-order valence-electron chi connectivity index (χ3n) is 5.33. The lowest BCUT2D eigenvalue weighted by molar-refractivity contribution is -0.134. The first-order valence-electron chi connectivity index (χ1n) is 9.72. The Kier molecular flexibility index (Phi) is 5.48. The standard InChI is InChI=1S/C21H28N2O5/c1-20(2,3)28-19(26)23-12-10-21(27,11-13-23)15-6-4-14(5-7-15)16-8-9-17(24)22-18(16)25/h4-7,16,27H,8-13H2,1-3H3,(H,22,24,25). The van der Waals surface area contributed by atoms with Crippen molar-refractivity contribution >= 4 is 17.9 Å². The van der Waals surface area contributed by atoms with Crippen LogP contribution in [0.25, 0.3) is 0 Å². The van der Waals surface area contributed by atoms with Gasteiger partial charge >= 0.3 is 6.09 Å². The molecule has 152 valence electrons. The molecule has 2 aliphatic rings. The van der Waals surface area contributed by atoms with Crippen molar-refractivity contribution in [3.63, 3.8) is 0 Å². The van der Waals surface area contributed by atoms with E-state index in [1.807, 2.05) is 45.0 Å². The van der Waals surface area contributed by atoms with E-state index in [9.17, 15) is 19.5 Å². The highest BCUT2D eigenvalue weighted by molar-refractivity contribution is 6.00. The van der Waals surface area contributed by atoms with Crippen molar-refractivity contribution in [1.82, 2.24) is 10.2 Å². The van der Waals surface area contributed by atoms with Crippen molar-refractivity contribution < 1.29 is 24.2 Å². The number of carbonyl (C=O) groups is 3. The number of piperidine rings is 2. The SMILES string of the molecule is CC(C)(C)OC(=O)N1CCC(O)(c2ccc(C3CCC(=O)NC3=O)cc2)CC1. The van der Waals surface area contributed by atoms with Gasteiger partial charge in [0.15, 0.2) is 0 Å². The summed E-state index contributed by atoms with van der Waals surface area (Å²) in [6, 6.07) is 7.35. The van der Waals surface area contributed by atoms with Crippen LogP contribution in [0.5, 0.6) is 0 Å². The van der Waals surface area contributed by atoms with Crippen LogP contribution in [0.3, 0.4) is 0 Å². The monoisotopic (exact) mass is 388 g/mol. The summed E-state index contributed by atoms with van der Waals surface area (Å²) in [7, 11) is 0. The van der Waals surface area contributed by atoms with Crippen LogP contribution in [0, 0.1) is 0 Å². The molecular formula is C21H28N2O5. The number of benzene rings is 1. The molecule has 1 unspecified atom stereocenters. The van der Waals surface area contributed by atoms with Gasteiger partial charge in [0.2, 0.25) is 11.8 Å². The predicted molar refractivity (Wildman–Crippen MR) is 103 cm³/mol. The van der Waals surface area contributed by atoms with E-state index in [1.54, 1.807) is 4.90 Å². The number of amides is 3. The van der Waals surface area contributed by atoms with E-state index in [2.05, 4.69) is 5.32 Å². The van der Waals surface area contributed by atoms with Crippen LogP contribution in [0.4, 0.5) is 4.79 Å². The number of hydrogen-bond acceptors (Lipinski definition) is 5. The van der Waals surface area contributed by atoms with Crippen molar-refractivity contribution in [2.45, 2.75) is 63.6 Å². The van der Waals surface area contributed by atoms with Gasteiger partial charge in [-0.05, 0) is 51.2 Å². The molecule has 2 fully saturated rings. The Morgan fingerprint density at radius 2 is 1.79 bits per heavy atom. The molecule has 7 heteroatoms. The van der Waals surface area contributed by atoms with Gasteiger partial charge in [-0.2, -0.15) is 0 Å². The van der Waals surface area contributed by atoms with Gasteiger partial charge in [-0.1, -0.05) is 24.3 Å². The van der Waals surface area contributed by atoms with Gasteiger partial charge in [0.25, 0.3) is 0 Å². The molecule has 0 radical (unpaired) electrons. The molecule has 0 bridgehead atoms. The van der Waals surface area contributed by atoms with E-state index in [0.717, 1.165) is 11.1 Å². The third kappa shape index (κ3) is 4.52. The number of imide groups is 1. The molecule has 1 atom stereocenters. The van der Waals surface area contributed by atoms with E-state index in [1.165, 1.54) is 0 Å². The molecule has 2 aliphatic heterocycles. The second kappa shape index (κ2) is 7.54. The van der Waals surface area contributed by atoms with Crippen molar-refractivity contribution in [2.24, 2.45) is 0 Å². The highest BCUT2D eigenvalue weighted by atomic mass is 16.6. The highest BCUT2D eigenvalue weighted by Crippen LogP contribution is 2.34. The van der Waals surface area contributed by atoms with Gasteiger partial charge in [-0.15, -0.1) is 0 Å². The minimum atomic E-state index is -1.01. The smallest absolute Gasteiger partial charge is 0.410 e. The van der Waals surface area contributed by atoms with Gasteiger partial charge in [0.05, 0.1) is 11.5 Å². The molecule has 2 heterocycles. The molecule has 3 rings (SSSR count). The van der Waals surface area contributed by atoms with Crippen molar-refractivity contribution in [1.29, 1.82) is 0 Å². The van der Waals surface area contributed by atoms with Gasteiger partial charge in [0.1, 0.15) is 5.60 Å². The van der Waals surface area contributed by atoms with Gasteiger partial charge in [0, 0.05) is 19.5 Å². The lowest BCUT2D eigenvalue weighted by Crippen LogP contribution is -2.46. The quantitative estimate of drug-likeness (QED) is 0.759. The molecule has 28 heavy (non-hydrogen) atoms. The average Bonchev–Trinajstić information content (AvgIpc) is 2.61. The second-order valence-electron chi connectivity index (χ2n) is 8.62. The summed E-state index contributed by atoms with van der Waals surface area (Å²) in [5.41, 5.74) is 0.0503. The van der Waals surface area contributed by atoms with E-state index in [4.69, 9.17) is 4.74 Å². The topological polar surface area (TPSA) is 95.9 Å². The summed E-state index contributed by atoms with van der Waals surface area (Å²) < 4.78 is 5.40. The Morgan fingerprint density at radius 3 is 2.32 bits per heavy atom. The van der Waals surface area contributed by atoms with Crippen LogP contribution < -0.4 is 5.32 Å². The van der Waals surface area contributed by atoms with Crippen molar-refractivity contribution in [3.05, 3.63) is 35.4 Å². The Morgan fingerprint density at radius 1 is 1.18 bits per heavy atom. The van der Waals surface area contributed by atoms with E-state index < -0.39 is 11.2 Å². The Hall–Kier alpha value is -2.41. The zero-order valence-electron chi connectivity index (χ0n) is 16.7. The van der Waals surface area contributed by atoms with E-state index >= 15 is 0 Å². The molecule has 0 aliphatic carbocycles. The molecule has 2 N–H and O–H groups in total. The number of nitrogens with zero attached hydrogens (tertiary/aromatic N) is 1. The molecule has 0 aromatic heterocycles. The third-order valence-corrected chi connectivity index (χ3v) is 5.33. The zero-order valence-corrected chi connectivity index (χ0v) is 16.7. The lowest BCUT2D eigenvalue weighted by Gasteiger charge is -2.39. The maximum Gasteiger partial charge on any atom is 0.410 e. The molecular weight excluding hydrogens is 360 g/mol. The van der Waals surface area contributed by atoms with Crippen molar-refractivity contribution in [2.75, 3.05) is 13.1 Å². The Balaban J connectivity index is 1.63. The Bertz CT molecular complexity index is 758. The molecule has 1 aromatic rings. The van der Waals surface area contributed by atoms with Crippen LogP contribution in [0.1, 0.15) is 63.5 Å². The molecule has 0 saturated carbocycles. The van der Waals surface area contributed by atoms with E-state index in [-0.39, 0.29) is 23.8 Å². The number of aliphatic hydroxyl groups is 1. The van der Waals surface area contributed by atoms with Gasteiger partial charge in [-0.25, -0.2) is 4.79 Å². The second-order valence-corrected chi connectivity index (χ2v) is 8.62. The number of rotatable bonds is 2. The average molecular weight is 388 g/mol. The first-order valence-corrected chi connectivity index (χ1v) is 9.72. The predicted octanol–water partition coefficient (Wildman–Crippen LogP) is 2.43. The molecule has 1 aromatic carbocycles. The molecule has 7 nitrogen and oxygen atoms in total. The summed E-state index contributed by atoms with van der Waals surface area (Å²) in [6.07, 6.45) is 1.32. The fourth-order valence-electron chi connectivity index (χ4n) is 3.71. The van der Waals surface area contributed by atoms with Gasteiger partial charge in [-0.3, -0.25) is 14.9 Å². The summed E-state index contributed by atoms with van der Waals surface area (Å²) in [6.45, 7) is 6.32. The molecule has 2 saturated heterocycles. The first-order chi connectivity index (χ1) is 13.1. The highest BCUT2D eigenvalue weighted by Gasteiger charge is 2.37. The summed E-state index contributed by atoms with van der Waals surface area (Å²) in [5.74, 6) is -0.840. The molecule has 0 spiro atoms.